The molecule has 3 heteroatoms. The molecule has 17 heavy (non-hydrogen) atoms. The Balaban J connectivity index is 2.18. The fourth-order valence-corrected chi connectivity index (χ4v) is 2.30. The highest BCUT2D eigenvalue weighted by Gasteiger charge is 2.23. The van der Waals surface area contributed by atoms with Gasteiger partial charge in [-0.3, -0.25) is 0 Å². The molecule has 2 N–H and O–H groups in total. The van der Waals surface area contributed by atoms with Gasteiger partial charge in [0.1, 0.15) is 0 Å². The Morgan fingerprint density at radius 1 is 1.47 bits per heavy atom. The quantitative estimate of drug-likeness (QED) is 0.801. The van der Waals surface area contributed by atoms with Crippen LogP contribution in [0.5, 0.6) is 0 Å². The Kier molecular flexibility index (Phi) is 3.35. The first-order chi connectivity index (χ1) is 8.11. The topological polar surface area (TPSA) is 53.0 Å². The number of aryl methyl sites for hydroxylation is 1. The number of anilines is 1. The second-order valence-electron chi connectivity index (χ2n) is 4.99. The number of nitrogens with zero attached hydrogens (tertiary/aromatic N) is 2. The molecule has 0 radical (unpaired) electrons. The van der Waals surface area contributed by atoms with Crippen molar-refractivity contribution in [1.29, 1.82) is 5.26 Å². The van der Waals surface area contributed by atoms with E-state index >= 15 is 0 Å². The number of piperidine rings is 1. The van der Waals surface area contributed by atoms with Gasteiger partial charge in [-0.2, -0.15) is 5.26 Å². The van der Waals surface area contributed by atoms with Gasteiger partial charge < -0.3 is 10.6 Å². The van der Waals surface area contributed by atoms with Crippen molar-refractivity contribution < 1.29 is 0 Å². The fourth-order valence-electron chi connectivity index (χ4n) is 2.30. The third-order valence-electron chi connectivity index (χ3n) is 3.71. The number of hydrogen-bond acceptors (Lipinski definition) is 3. The van der Waals surface area contributed by atoms with Gasteiger partial charge in [0.15, 0.2) is 0 Å². The minimum atomic E-state index is 0.250. The van der Waals surface area contributed by atoms with E-state index in [1.165, 1.54) is 5.69 Å². The van der Waals surface area contributed by atoms with Crippen LogP contribution in [0.1, 0.15) is 24.5 Å². The van der Waals surface area contributed by atoms with Gasteiger partial charge in [-0.1, -0.05) is 6.92 Å². The summed E-state index contributed by atoms with van der Waals surface area (Å²) in [5.41, 5.74) is 9.08. The maximum absolute atomic E-state index is 8.91. The van der Waals surface area contributed by atoms with Crippen LogP contribution in [0.2, 0.25) is 0 Å². The molecule has 0 bridgehead atoms. The van der Waals surface area contributed by atoms with E-state index in [1.807, 2.05) is 19.1 Å². The Hall–Kier alpha value is -1.53. The molecule has 2 unspecified atom stereocenters. The first-order valence-corrected chi connectivity index (χ1v) is 6.13. The summed E-state index contributed by atoms with van der Waals surface area (Å²) < 4.78 is 0. The minimum Gasteiger partial charge on any atom is -0.370 e. The lowest BCUT2D eigenvalue weighted by molar-refractivity contribution is 0.379. The Labute approximate surface area is 103 Å². The highest BCUT2D eigenvalue weighted by atomic mass is 15.2. The summed E-state index contributed by atoms with van der Waals surface area (Å²) >= 11 is 0. The maximum atomic E-state index is 8.91. The molecule has 0 spiro atoms. The molecule has 1 aromatic carbocycles. The van der Waals surface area contributed by atoms with Crippen LogP contribution in [0.15, 0.2) is 18.2 Å². The molecule has 1 aliphatic heterocycles. The van der Waals surface area contributed by atoms with E-state index in [0.29, 0.717) is 5.92 Å². The monoisotopic (exact) mass is 229 g/mol. The van der Waals surface area contributed by atoms with Crippen molar-refractivity contribution in [2.45, 2.75) is 26.3 Å². The van der Waals surface area contributed by atoms with Gasteiger partial charge in [0, 0.05) is 24.8 Å². The summed E-state index contributed by atoms with van der Waals surface area (Å²) in [6, 6.07) is 8.45. The van der Waals surface area contributed by atoms with Crippen molar-refractivity contribution in [1.82, 2.24) is 0 Å². The summed E-state index contributed by atoms with van der Waals surface area (Å²) in [5, 5.41) is 8.91. The smallest absolute Gasteiger partial charge is 0.0994 e. The molecule has 1 fully saturated rings. The third-order valence-corrected chi connectivity index (χ3v) is 3.71. The average molecular weight is 229 g/mol. The van der Waals surface area contributed by atoms with Crippen LogP contribution in [0.25, 0.3) is 0 Å². The lowest BCUT2D eigenvalue weighted by Gasteiger charge is -2.36. The number of hydrogen-bond donors (Lipinski definition) is 1. The molecule has 1 saturated heterocycles. The van der Waals surface area contributed by atoms with E-state index in [2.05, 4.69) is 24.0 Å². The van der Waals surface area contributed by atoms with E-state index in [4.69, 9.17) is 11.0 Å². The summed E-state index contributed by atoms with van der Waals surface area (Å²) in [7, 11) is 0. The van der Waals surface area contributed by atoms with Crippen LogP contribution in [0.3, 0.4) is 0 Å². The van der Waals surface area contributed by atoms with Gasteiger partial charge in [0.2, 0.25) is 0 Å². The molecule has 1 aromatic rings. The van der Waals surface area contributed by atoms with Crippen LogP contribution in [-0.2, 0) is 0 Å². The van der Waals surface area contributed by atoms with E-state index in [-0.39, 0.29) is 6.04 Å². The van der Waals surface area contributed by atoms with Gasteiger partial charge in [-0.05, 0) is 43.0 Å². The second-order valence-corrected chi connectivity index (χ2v) is 4.99. The van der Waals surface area contributed by atoms with Gasteiger partial charge in [0.05, 0.1) is 11.6 Å². The molecule has 0 saturated carbocycles. The SMILES string of the molecule is Cc1cc(N2CCC(C)C(N)C2)ccc1C#N. The van der Waals surface area contributed by atoms with Crippen LogP contribution >= 0.6 is 0 Å². The summed E-state index contributed by atoms with van der Waals surface area (Å²) in [6.07, 6.45) is 1.14. The number of nitrogens with two attached hydrogens (primary N) is 1. The molecular weight excluding hydrogens is 210 g/mol. The highest BCUT2D eigenvalue weighted by Crippen LogP contribution is 2.24. The Bertz CT molecular complexity index is 447. The van der Waals surface area contributed by atoms with Crippen molar-refractivity contribution in [2.75, 3.05) is 18.0 Å². The van der Waals surface area contributed by atoms with Gasteiger partial charge in [0.25, 0.3) is 0 Å². The molecule has 0 aliphatic carbocycles. The van der Waals surface area contributed by atoms with Crippen molar-refractivity contribution >= 4 is 5.69 Å². The summed E-state index contributed by atoms with van der Waals surface area (Å²) in [6.45, 7) is 6.16. The third kappa shape index (κ3) is 2.42. The zero-order valence-corrected chi connectivity index (χ0v) is 10.5. The summed E-state index contributed by atoms with van der Waals surface area (Å²) in [5.74, 6) is 0.603. The molecular formula is C14H19N3. The fraction of sp³-hybridized carbons (Fsp3) is 0.500. The predicted molar refractivity (Wildman–Crippen MR) is 69.9 cm³/mol. The van der Waals surface area contributed by atoms with Crippen molar-refractivity contribution in [3.8, 4) is 6.07 Å². The number of nitriles is 1. The van der Waals surface area contributed by atoms with Crippen molar-refractivity contribution in [3.63, 3.8) is 0 Å². The number of benzene rings is 1. The standard InChI is InChI=1S/C14H19N3/c1-10-5-6-17(9-14(10)16)13-4-3-12(8-15)11(2)7-13/h3-4,7,10,14H,5-6,9,16H2,1-2H3. The maximum Gasteiger partial charge on any atom is 0.0994 e. The van der Waals surface area contributed by atoms with Gasteiger partial charge in [-0.15, -0.1) is 0 Å². The normalized spacial score (nSPS) is 24.5. The Morgan fingerprint density at radius 3 is 2.82 bits per heavy atom. The molecule has 0 aromatic heterocycles. The van der Waals surface area contributed by atoms with Gasteiger partial charge in [-0.25, -0.2) is 0 Å². The van der Waals surface area contributed by atoms with Crippen LogP contribution in [0.4, 0.5) is 5.69 Å². The van der Waals surface area contributed by atoms with Crippen molar-refractivity contribution in [2.24, 2.45) is 11.7 Å². The van der Waals surface area contributed by atoms with Crippen LogP contribution in [0, 0.1) is 24.2 Å². The van der Waals surface area contributed by atoms with Crippen LogP contribution in [-0.4, -0.2) is 19.1 Å². The second kappa shape index (κ2) is 4.77. The highest BCUT2D eigenvalue weighted by molar-refractivity contribution is 5.53. The van der Waals surface area contributed by atoms with E-state index < -0.39 is 0 Å². The van der Waals surface area contributed by atoms with Crippen molar-refractivity contribution in [3.05, 3.63) is 29.3 Å². The molecule has 2 rings (SSSR count). The lowest BCUT2D eigenvalue weighted by Crippen LogP contribution is -2.47. The zero-order valence-electron chi connectivity index (χ0n) is 10.5. The first-order valence-electron chi connectivity index (χ1n) is 6.13. The summed E-state index contributed by atoms with van der Waals surface area (Å²) in [4.78, 5) is 2.32. The molecule has 2 atom stereocenters. The number of rotatable bonds is 1. The van der Waals surface area contributed by atoms with Crippen LogP contribution < -0.4 is 10.6 Å². The average Bonchev–Trinajstić information content (AvgIpc) is 2.32. The molecule has 1 aliphatic rings. The molecule has 0 amide bonds. The minimum absolute atomic E-state index is 0.250. The van der Waals surface area contributed by atoms with E-state index in [0.717, 1.165) is 30.6 Å². The van der Waals surface area contributed by atoms with Gasteiger partial charge >= 0.3 is 0 Å². The largest absolute Gasteiger partial charge is 0.370 e. The van der Waals surface area contributed by atoms with E-state index in [9.17, 15) is 0 Å². The molecule has 90 valence electrons. The molecule has 3 nitrogen and oxygen atoms in total. The first kappa shape index (κ1) is 11.9. The Morgan fingerprint density at radius 2 is 2.24 bits per heavy atom. The lowest BCUT2D eigenvalue weighted by atomic mass is 9.93. The zero-order chi connectivity index (χ0) is 12.4. The molecule has 1 heterocycles. The predicted octanol–water partition coefficient (Wildman–Crippen LogP) is 2.04. The van der Waals surface area contributed by atoms with E-state index in [1.54, 1.807) is 0 Å².